The van der Waals surface area contributed by atoms with E-state index in [1.165, 1.54) is 6.08 Å². The second-order valence-electron chi connectivity index (χ2n) is 2.62. The van der Waals surface area contributed by atoms with Crippen LogP contribution >= 0.6 is 0 Å². The van der Waals surface area contributed by atoms with Gasteiger partial charge in [-0.2, -0.15) is 13.2 Å². The largest absolute Gasteiger partial charge is 0.496 e. The number of halogens is 3. The van der Waals surface area contributed by atoms with Crippen molar-refractivity contribution < 1.29 is 17.9 Å². The fraction of sp³-hybridized carbons (Fsp3) is 0.714. The van der Waals surface area contributed by atoms with E-state index in [4.69, 9.17) is 10.5 Å². The van der Waals surface area contributed by atoms with Crippen LogP contribution in [0.15, 0.2) is 11.8 Å². The monoisotopic (exact) mass is 181 g/mol. The number of alkyl halides is 3. The standard InChI is InChI=1S/C7H10F3NO/c8-7(9,10)6(11)5-3-1-2-4-12-5/h3,6H,1-2,4,11H2. The molecule has 1 aliphatic heterocycles. The van der Waals surface area contributed by atoms with Crippen LogP contribution in [-0.2, 0) is 4.74 Å². The summed E-state index contributed by atoms with van der Waals surface area (Å²) < 4.78 is 40.7. The Labute approximate surface area is 68.2 Å². The van der Waals surface area contributed by atoms with Crippen molar-refractivity contribution >= 4 is 0 Å². The summed E-state index contributed by atoms with van der Waals surface area (Å²) in [6.07, 6.45) is -1.63. The van der Waals surface area contributed by atoms with Gasteiger partial charge in [0.15, 0.2) is 6.04 Å². The third-order valence-electron chi connectivity index (χ3n) is 1.62. The maximum Gasteiger partial charge on any atom is 0.410 e. The van der Waals surface area contributed by atoms with Gasteiger partial charge < -0.3 is 10.5 Å². The SMILES string of the molecule is NC(C1=CCCCO1)C(F)(F)F. The zero-order valence-electron chi connectivity index (χ0n) is 6.40. The molecule has 2 N–H and O–H groups in total. The third-order valence-corrected chi connectivity index (χ3v) is 1.62. The smallest absolute Gasteiger partial charge is 0.410 e. The predicted molar refractivity (Wildman–Crippen MR) is 37.3 cm³/mol. The molecule has 1 atom stereocenters. The van der Waals surface area contributed by atoms with Gasteiger partial charge in [-0.15, -0.1) is 0 Å². The molecule has 1 rings (SSSR count). The van der Waals surface area contributed by atoms with E-state index < -0.39 is 12.2 Å². The molecule has 12 heavy (non-hydrogen) atoms. The lowest BCUT2D eigenvalue weighted by molar-refractivity contribution is -0.148. The van der Waals surface area contributed by atoms with Crippen LogP contribution in [0.4, 0.5) is 13.2 Å². The van der Waals surface area contributed by atoms with Gasteiger partial charge in [-0.1, -0.05) is 0 Å². The van der Waals surface area contributed by atoms with Crippen molar-refractivity contribution in [3.63, 3.8) is 0 Å². The van der Waals surface area contributed by atoms with Gasteiger partial charge >= 0.3 is 6.18 Å². The summed E-state index contributed by atoms with van der Waals surface area (Å²) in [4.78, 5) is 0. The van der Waals surface area contributed by atoms with Crippen LogP contribution in [0.2, 0.25) is 0 Å². The first-order chi connectivity index (χ1) is 5.52. The molecular formula is C7H10F3NO. The normalized spacial score (nSPS) is 21.2. The highest BCUT2D eigenvalue weighted by atomic mass is 19.4. The summed E-state index contributed by atoms with van der Waals surface area (Å²) >= 11 is 0. The topological polar surface area (TPSA) is 35.2 Å². The quantitative estimate of drug-likeness (QED) is 0.666. The molecule has 2 nitrogen and oxygen atoms in total. The van der Waals surface area contributed by atoms with Gasteiger partial charge in [0, 0.05) is 0 Å². The Morgan fingerprint density at radius 3 is 2.58 bits per heavy atom. The lowest BCUT2D eigenvalue weighted by atomic mass is 10.1. The van der Waals surface area contributed by atoms with Crippen LogP contribution in [0.25, 0.3) is 0 Å². The molecule has 0 bridgehead atoms. The maximum atomic E-state index is 12.0. The van der Waals surface area contributed by atoms with E-state index in [2.05, 4.69) is 0 Å². The van der Waals surface area contributed by atoms with Crippen LogP contribution in [0.5, 0.6) is 0 Å². The number of allylic oxidation sites excluding steroid dienone is 1. The molecule has 0 aromatic heterocycles. The van der Waals surface area contributed by atoms with E-state index in [1.54, 1.807) is 0 Å². The molecule has 0 saturated heterocycles. The fourth-order valence-corrected chi connectivity index (χ4v) is 0.955. The molecule has 1 aliphatic rings. The molecule has 0 spiro atoms. The molecule has 70 valence electrons. The first-order valence-electron chi connectivity index (χ1n) is 3.67. The minimum atomic E-state index is -4.40. The highest BCUT2D eigenvalue weighted by Crippen LogP contribution is 2.26. The summed E-state index contributed by atoms with van der Waals surface area (Å²) in [5.41, 5.74) is 4.91. The Bertz CT molecular complexity index is 188. The van der Waals surface area contributed by atoms with Crippen molar-refractivity contribution in [3.8, 4) is 0 Å². The van der Waals surface area contributed by atoms with E-state index in [9.17, 15) is 13.2 Å². The van der Waals surface area contributed by atoms with Crippen molar-refractivity contribution in [2.45, 2.75) is 25.1 Å². The second-order valence-corrected chi connectivity index (χ2v) is 2.62. The van der Waals surface area contributed by atoms with Gasteiger partial charge in [0.2, 0.25) is 0 Å². The van der Waals surface area contributed by atoms with Crippen LogP contribution in [0.3, 0.4) is 0 Å². The number of hydrogen-bond donors (Lipinski definition) is 1. The Balaban J connectivity index is 2.62. The minimum absolute atomic E-state index is 0.145. The number of nitrogens with two attached hydrogens (primary N) is 1. The lowest BCUT2D eigenvalue weighted by Crippen LogP contribution is -2.40. The van der Waals surface area contributed by atoms with Crippen molar-refractivity contribution in [2.24, 2.45) is 5.73 Å². The Kier molecular flexibility index (Phi) is 2.62. The Hall–Kier alpha value is -0.710. The van der Waals surface area contributed by atoms with Crippen molar-refractivity contribution in [2.75, 3.05) is 6.61 Å². The van der Waals surface area contributed by atoms with Crippen LogP contribution in [-0.4, -0.2) is 18.8 Å². The summed E-state index contributed by atoms with van der Waals surface area (Å²) in [5, 5.41) is 0. The first-order valence-corrected chi connectivity index (χ1v) is 3.67. The van der Waals surface area contributed by atoms with E-state index >= 15 is 0 Å². The molecular weight excluding hydrogens is 171 g/mol. The molecule has 1 unspecified atom stereocenters. The Morgan fingerprint density at radius 1 is 1.50 bits per heavy atom. The summed E-state index contributed by atoms with van der Waals surface area (Å²) in [6, 6.07) is -1.96. The molecule has 5 heteroatoms. The van der Waals surface area contributed by atoms with E-state index in [1.807, 2.05) is 0 Å². The van der Waals surface area contributed by atoms with Gasteiger partial charge in [0.1, 0.15) is 5.76 Å². The van der Waals surface area contributed by atoms with E-state index in [-0.39, 0.29) is 5.76 Å². The molecule has 0 radical (unpaired) electrons. The Morgan fingerprint density at radius 2 is 2.17 bits per heavy atom. The van der Waals surface area contributed by atoms with Gasteiger partial charge in [-0.3, -0.25) is 0 Å². The van der Waals surface area contributed by atoms with Gasteiger partial charge in [-0.25, -0.2) is 0 Å². The van der Waals surface area contributed by atoms with E-state index in [0.29, 0.717) is 13.0 Å². The minimum Gasteiger partial charge on any atom is -0.496 e. The fourth-order valence-electron chi connectivity index (χ4n) is 0.955. The lowest BCUT2D eigenvalue weighted by Gasteiger charge is -2.22. The molecule has 0 amide bonds. The number of ether oxygens (including phenoxy) is 1. The van der Waals surface area contributed by atoms with Crippen molar-refractivity contribution in [3.05, 3.63) is 11.8 Å². The summed E-state index contributed by atoms with van der Waals surface area (Å²) in [6.45, 7) is 0.329. The highest BCUT2D eigenvalue weighted by molar-refractivity contribution is 5.07. The van der Waals surface area contributed by atoms with Crippen LogP contribution in [0, 0.1) is 0 Å². The summed E-state index contributed by atoms with van der Waals surface area (Å²) in [5.74, 6) is -0.145. The molecule has 0 aromatic carbocycles. The van der Waals surface area contributed by atoms with Gasteiger partial charge in [0.25, 0.3) is 0 Å². The number of hydrogen-bond acceptors (Lipinski definition) is 2. The highest BCUT2D eigenvalue weighted by Gasteiger charge is 2.40. The van der Waals surface area contributed by atoms with Crippen molar-refractivity contribution in [1.29, 1.82) is 0 Å². The zero-order chi connectivity index (χ0) is 9.19. The molecule has 0 saturated carbocycles. The molecule has 0 fully saturated rings. The number of rotatable bonds is 1. The maximum absolute atomic E-state index is 12.0. The summed E-state index contributed by atoms with van der Waals surface area (Å²) in [7, 11) is 0. The third kappa shape index (κ3) is 2.14. The van der Waals surface area contributed by atoms with Gasteiger partial charge in [0.05, 0.1) is 6.61 Å². The van der Waals surface area contributed by atoms with E-state index in [0.717, 1.165) is 6.42 Å². The zero-order valence-corrected chi connectivity index (χ0v) is 6.40. The average molecular weight is 181 g/mol. The first kappa shape index (κ1) is 9.38. The molecule has 1 heterocycles. The van der Waals surface area contributed by atoms with Gasteiger partial charge in [-0.05, 0) is 18.9 Å². The molecule has 0 aromatic rings. The average Bonchev–Trinajstić information content (AvgIpc) is 2.03. The van der Waals surface area contributed by atoms with Crippen molar-refractivity contribution in [1.82, 2.24) is 0 Å². The predicted octanol–water partition coefficient (Wildman–Crippen LogP) is 1.57. The molecule has 0 aliphatic carbocycles. The van der Waals surface area contributed by atoms with Crippen LogP contribution in [0.1, 0.15) is 12.8 Å². The second kappa shape index (κ2) is 3.35. The van der Waals surface area contributed by atoms with Crippen LogP contribution < -0.4 is 5.73 Å².